The number of amides is 1. The second-order valence-electron chi connectivity index (χ2n) is 4.58. The van der Waals surface area contributed by atoms with E-state index in [4.69, 9.17) is 10.7 Å². The van der Waals surface area contributed by atoms with Gasteiger partial charge < -0.3 is 4.90 Å². The van der Waals surface area contributed by atoms with Gasteiger partial charge >= 0.3 is 0 Å². The van der Waals surface area contributed by atoms with E-state index < -0.39 is 20.8 Å². The van der Waals surface area contributed by atoms with Crippen LogP contribution in [0.5, 0.6) is 0 Å². The zero-order valence-electron chi connectivity index (χ0n) is 10.3. The van der Waals surface area contributed by atoms with Gasteiger partial charge in [0.25, 0.3) is 15.0 Å². The van der Waals surface area contributed by atoms with Gasteiger partial charge in [0.1, 0.15) is 5.82 Å². The van der Waals surface area contributed by atoms with Crippen LogP contribution in [0.1, 0.15) is 29.6 Å². The van der Waals surface area contributed by atoms with Crippen molar-refractivity contribution in [1.29, 1.82) is 0 Å². The van der Waals surface area contributed by atoms with Gasteiger partial charge in [-0.3, -0.25) is 4.79 Å². The van der Waals surface area contributed by atoms with Crippen LogP contribution in [-0.2, 0) is 9.05 Å². The van der Waals surface area contributed by atoms with Crippen molar-refractivity contribution in [2.45, 2.75) is 30.2 Å². The fourth-order valence-electron chi connectivity index (χ4n) is 1.95. The molecule has 0 N–H and O–H groups in total. The molecule has 1 fully saturated rings. The first-order chi connectivity index (χ1) is 8.80. The van der Waals surface area contributed by atoms with Crippen molar-refractivity contribution in [1.82, 2.24) is 4.90 Å². The average Bonchev–Trinajstić information content (AvgIpc) is 2.24. The molecule has 2 rings (SSSR count). The summed E-state index contributed by atoms with van der Waals surface area (Å²) in [6, 6.07) is 3.06. The summed E-state index contributed by atoms with van der Waals surface area (Å²) in [7, 11) is 2.81. The molecular formula is C12H13ClFNO3S. The maximum atomic E-state index is 13.7. The number of hydrogen-bond acceptors (Lipinski definition) is 3. The molecule has 0 saturated heterocycles. The molecule has 0 radical (unpaired) electrons. The van der Waals surface area contributed by atoms with E-state index in [1.165, 1.54) is 4.90 Å². The molecule has 1 amide bonds. The summed E-state index contributed by atoms with van der Waals surface area (Å²) >= 11 is 0. The first-order valence-electron chi connectivity index (χ1n) is 5.82. The second-order valence-corrected chi connectivity index (χ2v) is 7.15. The molecule has 0 atom stereocenters. The molecule has 1 aromatic carbocycles. The van der Waals surface area contributed by atoms with Crippen LogP contribution in [0.15, 0.2) is 23.1 Å². The number of carbonyl (C=O) groups is 1. The third kappa shape index (κ3) is 2.90. The topological polar surface area (TPSA) is 54.5 Å². The highest BCUT2D eigenvalue weighted by Gasteiger charge is 2.28. The highest BCUT2D eigenvalue weighted by Crippen LogP contribution is 2.26. The lowest BCUT2D eigenvalue weighted by atomic mass is 9.91. The van der Waals surface area contributed by atoms with E-state index >= 15 is 0 Å². The van der Waals surface area contributed by atoms with E-state index in [9.17, 15) is 17.6 Å². The van der Waals surface area contributed by atoms with E-state index in [-0.39, 0.29) is 16.5 Å². The molecule has 1 saturated carbocycles. The summed E-state index contributed by atoms with van der Waals surface area (Å²) in [5.74, 6) is -1.27. The minimum atomic E-state index is -3.98. The Morgan fingerprint density at radius 2 is 2.05 bits per heavy atom. The van der Waals surface area contributed by atoms with Crippen LogP contribution < -0.4 is 0 Å². The molecule has 104 valence electrons. The molecule has 0 heterocycles. The maximum absolute atomic E-state index is 13.7. The fourth-order valence-corrected chi connectivity index (χ4v) is 2.73. The molecular weight excluding hydrogens is 293 g/mol. The molecule has 0 aromatic heterocycles. The lowest BCUT2D eigenvalue weighted by molar-refractivity contribution is 0.0647. The highest BCUT2D eigenvalue weighted by atomic mass is 35.7. The van der Waals surface area contributed by atoms with Crippen LogP contribution in [0, 0.1) is 5.82 Å². The SMILES string of the molecule is CN(C(=O)c1cc(S(=O)(=O)Cl)ccc1F)C1CCC1. The largest absolute Gasteiger partial charge is 0.339 e. The van der Waals surface area contributed by atoms with Crippen molar-refractivity contribution < 1.29 is 17.6 Å². The van der Waals surface area contributed by atoms with Crippen molar-refractivity contribution in [2.75, 3.05) is 7.05 Å². The summed E-state index contributed by atoms with van der Waals surface area (Å²) in [6.45, 7) is 0. The Morgan fingerprint density at radius 1 is 1.42 bits per heavy atom. The molecule has 0 aliphatic heterocycles. The van der Waals surface area contributed by atoms with E-state index in [2.05, 4.69) is 0 Å². The predicted octanol–water partition coefficient (Wildman–Crippen LogP) is 2.38. The normalized spacial score (nSPS) is 15.9. The fraction of sp³-hybridized carbons (Fsp3) is 0.417. The monoisotopic (exact) mass is 305 g/mol. The molecule has 1 aliphatic carbocycles. The van der Waals surface area contributed by atoms with Crippen molar-refractivity contribution >= 4 is 25.6 Å². The molecule has 19 heavy (non-hydrogen) atoms. The Bertz CT molecular complexity index is 613. The van der Waals surface area contributed by atoms with E-state index in [0.29, 0.717) is 0 Å². The number of carbonyl (C=O) groups excluding carboxylic acids is 1. The number of benzene rings is 1. The van der Waals surface area contributed by atoms with Gasteiger partial charge in [-0.1, -0.05) is 0 Å². The molecule has 1 aromatic rings. The van der Waals surface area contributed by atoms with E-state index in [1.807, 2.05) is 0 Å². The minimum absolute atomic E-state index is 0.100. The maximum Gasteiger partial charge on any atom is 0.261 e. The Hall–Kier alpha value is -1.14. The molecule has 0 bridgehead atoms. The third-order valence-corrected chi connectivity index (χ3v) is 4.74. The molecule has 0 unspecified atom stereocenters. The molecule has 0 spiro atoms. The Kier molecular flexibility index (Phi) is 3.82. The first kappa shape index (κ1) is 14.3. The number of nitrogens with zero attached hydrogens (tertiary/aromatic N) is 1. The Morgan fingerprint density at radius 3 is 2.53 bits per heavy atom. The van der Waals surface area contributed by atoms with Crippen LogP contribution in [0.3, 0.4) is 0 Å². The lowest BCUT2D eigenvalue weighted by Gasteiger charge is -2.34. The van der Waals surface area contributed by atoms with Gasteiger partial charge in [-0.25, -0.2) is 12.8 Å². The van der Waals surface area contributed by atoms with Crippen LogP contribution in [0.2, 0.25) is 0 Å². The number of hydrogen-bond donors (Lipinski definition) is 0. The van der Waals surface area contributed by atoms with Crippen molar-refractivity contribution in [3.63, 3.8) is 0 Å². The minimum Gasteiger partial charge on any atom is -0.339 e. The standard InChI is InChI=1S/C12H13ClFNO3S/c1-15(8-3-2-4-8)12(16)10-7-9(19(13,17)18)5-6-11(10)14/h5-8H,2-4H2,1H3. The predicted molar refractivity (Wildman–Crippen MR) is 69.2 cm³/mol. The highest BCUT2D eigenvalue weighted by molar-refractivity contribution is 8.13. The zero-order valence-corrected chi connectivity index (χ0v) is 11.8. The quantitative estimate of drug-likeness (QED) is 0.806. The number of halogens is 2. The molecule has 1 aliphatic rings. The number of rotatable bonds is 3. The smallest absolute Gasteiger partial charge is 0.261 e. The Labute approximate surface area is 115 Å². The molecule has 4 nitrogen and oxygen atoms in total. The van der Waals surface area contributed by atoms with Crippen molar-refractivity contribution in [3.8, 4) is 0 Å². The van der Waals surface area contributed by atoms with Gasteiger partial charge in [-0.2, -0.15) is 0 Å². The average molecular weight is 306 g/mol. The summed E-state index contributed by atoms with van der Waals surface area (Å²) in [4.78, 5) is 13.3. The van der Waals surface area contributed by atoms with Crippen LogP contribution in [0.4, 0.5) is 4.39 Å². The summed E-state index contributed by atoms with van der Waals surface area (Å²) in [5.41, 5.74) is -0.267. The summed E-state index contributed by atoms with van der Waals surface area (Å²) < 4.78 is 36.1. The van der Waals surface area contributed by atoms with Gasteiger partial charge in [0.05, 0.1) is 10.5 Å². The second kappa shape index (κ2) is 5.09. The Balaban J connectivity index is 2.35. The van der Waals surface area contributed by atoms with E-state index in [1.54, 1.807) is 7.05 Å². The van der Waals surface area contributed by atoms with Gasteiger partial charge in [-0.15, -0.1) is 0 Å². The van der Waals surface area contributed by atoms with Gasteiger partial charge in [0.15, 0.2) is 0 Å². The van der Waals surface area contributed by atoms with Crippen molar-refractivity contribution in [3.05, 3.63) is 29.6 Å². The van der Waals surface area contributed by atoms with Crippen LogP contribution in [0.25, 0.3) is 0 Å². The molecule has 7 heteroatoms. The third-order valence-electron chi connectivity index (χ3n) is 3.39. The lowest BCUT2D eigenvalue weighted by Crippen LogP contribution is -2.41. The first-order valence-corrected chi connectivity index (χ1v) is 8.13. The van der Waals surface area contributed by atoms with Gasteiger partial charge in [-0.05, 0) is 37.5 Å². The summed E-state index contributed by atoms with van der Waals surface area (Å²) in [5, 5.41) is 0. The summed E-state index contributed by atoms with van der Waals surface area (Å²) in [6.07, 6.45) is 2.82. The van der Waals surface area contributed by atoms with Gasteiger partial charge in [0.2, 0.25) is 0 Å². The van der Waals surface area contributed by atoms with Gasteiger partial charge in [0, 0.05) is 23.8 Å². The van der Waals surface area contributed by atoms with Crippen molar-refractivity contribution in [2.24, 2.45) is 0 Å². The zero-order chi connectivity index (χ0) is 14.2. The van der Waals surface area contributed by atoms with Crippen LogP contribution in [-0.4, -0.2) is 32.3 Å². The van der Waals surface area contributed by atoms with Crippen LogP contribution >= 0.6 is 10.7 Å². The van der Waals surface area contributed by atoms with E-state index in [0.717, 1.165) is 37.5 Å².